The Morgan fingerprint density at radius 2 is 1.94 bits per heavy atom. The van der Waals surface area contributed by atoms with E-state index in [1.807, 2.05) is 0 Å². The van der Waals surface area contributed by atoms with Crippen LogP contribution in [0.4, 0.5) is 0 Å². The van der Waals surface area contributed by atoms with Crippen LogP contribution in [0.1, 0.15) is 13.8 Å². The predicted molar refractivity (Wildman–Crippen MR) is 61.3 cm³/mol. The van der Waals surface area contributed by atoms with Crippen molar-refractivity contribution < 1.29 is 19.4 Å². The third kappa shape index (κ3) is 2.95. The topological polar surface area (TPSA) is 70.1 Å². The first kappa shape index (κ1) is 13.9. The number of amides is 2. The van der Waals surface area contributed by atoms with Gasteiger partial charge in [-0.3, -0.25) is 9.59 Å². The summed E-state index contributed by atoms with van der Waals surface area (Å²) in [6.07, 6.45) is -0.826. The third-order valence-electron chi connectivity index (χ3n) is 3.24. The Kier molecular flexibility index (Phi) is 4.11. The molecule has 98 valence electrons. The molecule has 1 aliphatic heterocycles. The molecule has 0 bridgehead atoms. The minimum Gasteiger partial charge on any atom is -0.388 e. The van der Waals surface area contributed by atoms with Crippen LogP contribution in [-0.2, 0) is 14.3 Å². The molecule has 1 aliphatic rings. The number of ether oxygens (including phenoxy) is 1. The van der Waals surface area contributed by atoms with Crippen molar-refractivity contribution in [3.8, 4) is 0 Å². The Morgan fingerprint density at radius 1 is 1.35 bits per heavy atom. The van der Waals surface area contributed by atoms with E-state index < -0.39 is 23.5 Å². The summed E-state index contributed by atoms with van der Waals surface area (Å²) in [4.78, 5) is 25.9. The van der Waals surface area contributed by atoms with Crippen LogP contribution >= 0.6 is 0 Å². The lowest BCUT2D eigenvalue weighted by atomic mass is 10.0. The highest BCUT2D eigenvalue weighted by Crippen LogP contribution is 2.16. The van der Waals surface area contributed by atoms with Crippen LogP contribution in [0.5, 0.6) is 0 Å². The van der Waals surface area contributed by atoms with Gasteiger partial charge in [-0.25, -0.2) is 0 Å². The van der Waals surface area contributed by atoms with Crippen LogP contribution < -0.4 is 0 Å². The lowest BCUT2D eigenvalue weighted by molar-refractivity contribution is -0.158. The van der Waals surface area contributed by atoms with Crippen molar-refractivity contribution >= 4 is 11.8 Å². The summed E-state index contributed by atoms with van der Waals surface area (Å²) in [5.41, 5.74) is -0.743. The fraction of sp³-hybridized carbons (Fsp3) is 0.818. The van der Waals surface area contributed by atoms with Crippen LogP contribution in [0.3, 0.4) is 0 Å². The molecule has 0 saturated carbocycles. The Balaban J connectivity index is 2.64. The fourth-order valence-corrected chi connectivity index (χ4v) is 1.51. The second-order valence-electron chi connectivity index (χ2n) is 4.80. The van der Waals surface area contributed by atoms with E-state index in [1.165, 1.54) is 16.9 Å². The van der Waals surface area contributed by atoms with Gasteiger partial charge in [-0.05, 0) is 13.8 Å². The largest absolute Gasteiger partial charge is 0.388 e. The molecule has 6 heteroatoms. The van der Waals surface area contributed by atoms with Gasteiger partial charge in [0.1, 0.15) is 0 Å². The number of nitrogens with zero attached hydrogens (tertiary/aromatic N) is 2. The second kappa shape index (κ2) is 5.01. The van der Waals surface area contributed by atoms with Crippen LogP contribution in [0.25, 0.3) is 0 Å². The van der Waals surface area contributed by atoms with Gasteiger partial charge in [0.05, 0.1) is 11.7 Å². The molecule has 17 heavy (non-hydrogen) atoms. The summed E-state index contributed by atoms with van der Waals surface area (Å²) in [6, 6.07) is 0. The number of carbonyl (C=O) groups is 2. The zero-order valence-corrected chi connectivity index (χ0v) is 10.8. The molecule has 0 radical (unpaired) electrons. The molecule has 0 aromatic rings. The highest BCUT2D eigenvalue weighted by molar-refractivity contribution is 6.35. The highest BCUT2D eigenvalue weighted by atomic mass is 16.5. The maximum absolute atomic E-state index is 11.7. The van der Waals surface area contributed by atoms with E-state index in [4.69, 9.17) is 4.74 Å². The Hall–Kier alpha value is -1.14. The van der Waals surface area contributed by atoms with E-state index in [0.717, 1.165) is 0 Å². The minimum absolute atomic E-state index is 0.110. The van der Waals surface area contributed by atoms with E-state index in [-0.39, 0.29) is 6.54 Å². The smallest absolute Gasteiger partial charge is 0.312 e. The normalized spacial score (nSPS) is 19.8. The number of aliphatic hydroxyl groups excluding tert-OH is 1. The van der Waals surface area contributed by atoms with Gasteiger partial charge in [-0.15, -0.1) is 0 Å². The lowest BCUT2D eigenvalue weighted by Crippen LogP contribution is -2.56. The summed E-state index contributed by atoms with van der Waals surface area (Å²) in [5, 5.41) is 9.96. The number of hydrogen-bond acceptors (Lipinski definition) is 4. The lowest BCUT2D eigenvalue weighted by Gasteiger charge is -2.36. The summed E-state index contributed by atoms with van der Waals surface area (Å²) in [7, 11) is 3.09. The van der Waals surface area contributed by atoms with Crippen molar-refractivity contribution in [1.82, 2.24) is 9.80 Å². The van der Waals surface area contributed by atoms with E-state index in [2.05, 4.69) is 0 Å². The first-order valence-corrected chi connectivity index (χ1v) is 5.57. The number of rotatable bonds is 4. The number of aliphatic hydroxyl groups is 1. The molecule has 6 nitrogen and oxygen atoms in total. The number of β-amino-alcohol motifs (C(OH)–C–C–N with tert-alkyl or cyclic N) is 1. The van der Waals surface area contributed by atoms with Crippen molar-refractivity contribution in [3.63, 3.8) is 0 Å². The molecule has 1 unspecified atom stereocenters. The molecule has 1 heterocycles. The third-order valence-corrected chi connectivity index (χ3v) is 3.24. The van der Waals surface area contributed by atoms with Crippen molar-refractivity contribution in [1.29, 1.82) is 0 Å². The van der Waals surface area contributed by atoms with E-state index in [1.54, 1.807) is 20.9 Å². The number of methoxy groups -OCH3 is 1. The Labute approximate surface area is 101 Å². The molecule has 1 saturated heterocycles. The van der Waals surface area contributed by atoms with Gasteiger partial charge in [0, 0.05) is 33.8 Å². The summed E-state index contributed by atoms with van der Waals surface area (Å²) in [6.45, 7) is 4.52. The Morgan fingerprint density at radius 3 is 2.47 bits per heavy atom. The molecule has 0 aliphatic carbocycles. The van der Waals surface area contributed by atoms with Crippen LogP contribution in [0.15, 0.2) is 0 Å². The summed E-state index contributed by atoms with van der Waals surface area (Å²) >= 11 is 0. The van der Waals surface area contributed by atoms with Crippen molar-refractivity contribution in [2.24, 2.45) is 0 Å². The molecule has 1 N–H and O–H groups in total. The molecular weight excluding hydrogens is 224 g/mol. The molecule has 1 atom stereocenters. The number of piperazine rings is 1. The van der Waals surface area contributed by atoms with E-state index in [9.17, 15) is 14.7 Å². The maximum atomic E-state index is 11.7. The van der Waals surface area contributed by atoms with Crippen LogP contribution in [0.2, 0.25) is 0 Å². The predicted octanol–water partition coefficient (Wildman–Crippen LogP) is -0.927. The van der Waals surface area contributed by atoms with Crippen molar-refractivity contribution in [3.05, 3.63) is 0 Å². The zero-order valence-electron chi connectivity index (χ0n) is 10.8. The standard InChI is InChI=1S/C11H20N2O4/c1-11(2,17-4)8(14)7-13-6-5-12(3)9(15)10(13)16/h8,14H,5-7H2,1-4H3. The number of likely N-dealkylation sites (N-methyl/N-ethyl adjacent to an activating group) is 1. The molecular formula is C11H20N2O4. The first-order chi connectivity index (χ1) is 7.79. The van der Waals surface area contributed by atoms with E-state index >= 15 is 0 Å². The molecule has 2 amide bonds. The fourth-order valence-electron chi connectivity index (χ4n) is 1.51. The highest BCUT2D eigenvalue weighted by Gasteiger charge is 2.35. The van der Waals surface area contributed by atoms with Gasteiger partial charge in [0.2, 0.25) is 0 Å². The second-order valence-corrected chi connectivity index (χ2v) is 4.80. The number of carbonyl (C=O) groups excluding carboxylic acids is 2. The van der Waals surface area contributed by atoms with Crippen molar-refractivity contribution in [2.45, 2.75) is 25.6 Å². The molecule has 0 aromatic carbocycles. The van der Waals surface area contributed by atoms with Gasteiger partial charge in [0.25, 0.3) is 0 Å². The quantitative estimate of drug-likeness (QED) is 0.649. The van der Waals surface area contributed by atoms with Gasteiger partial charge in [0.15, 0.2) is 0 Å². The minimum atomic E-state index is -0.826. The maximum Gasteiger partial charge on any atom is 0.312 e. The zero-order chi connectivity index (χ0) is 13.2. The monoisotopic (exact) mass is 244 g/mol. The molecule has 1 fully saturated rings. The van der Waals surface area contributed by atoms with Crippen molar-refractivity contribution in [2.75, 3.05) is 33.8 Å². The molecule has 0 spiro atoms. The Bertz CT molecular complexity index is 317. The average molecular weight is 244 g/mol. The molecule has 0 aromatic heterocycles. The van der Waals surface area contributed by atoms with Gasteiger partial charge in [-0.2, -0.15) is 0 Å². The van der Waals surface area contributed by atoms with E-state index in [0.29, 0.717) is 13.1 Å². The summed E-state index contributed by atoms with van der Waals surface area (Å²) < 4.78 is 5.14. The first-order valence-electron chi connectivity index (χ1n) is 5.57. The SMILES string of the molecule is COC(C)(C)C(O)CN1CCN(C)C(=O)C1=O. The number of hydrogen-bond donors (Lipinski definition) is 1. The molecule has 1 rings (SSSR count). The summed E-state index contributed by atoms with van der Waals surface area (Å²) in [5.74, 6) is -1.09. The average Bonchev–Trinajstić information content (AvgIpc) is 2.29. The van der Waals surface area contributed by atoms with Crippen LogP contribution in [0, 0.1) is 0 Å². The van der Waals surface area contributed by atoms with Crippen LogP contribution in [-0.4, -0.2) is 72.2 Å². The van der Waals surface area contributed by atoms with Gasteiger partial charge < -0.3 is 19.6 Å². The van der Waals surface area contributed by atoms with Gasteiger partial charge >= 0.3 is 11.8 Å². The van der Waals surface area contributed by atoms with Gasteiger partial charge in [-0.1, -0.05) is 0 Å².